The van der Waals surface area contributed by atoms with E-state index in [1.54, 1.807) is 37.3 Å². The monoisotopic (exact) mass is 446 g/mol. The fraction of sp³-hybridized carbons (Fsp3) is 0.208. The second-order valence-electron chi connectivity index (χ2n) is 6.74. The van der Waals surface area contributed by atoms with Crippen molar-refractivity contribution >= 4 is 5.97 Å². The van der Waals surface area contributed by atoms with Crippen LogP contribution >= 0.6 is 0 Å². The van der Waals surface area contributed by atoms with Crippen molar-refractivity contribution in [3.05, 3.63) is 72.3 Å². The van der Waals surface area contributed by atoms with E-state index in [1.807, 2.05) is 19.1 Å². The third kappa shape index (κ3) is 6.66. The van der Waals surface area contributed by atoms with Crippen LogP contribution in [0.1, 0.15) is 12.5 Å². The van der Waals surface area contributed by atoms with Crippen LogP contribution in [0, 0.1) is 6.92 Å². The lowest BCUT2D eigenvalue weighted by atomic mass is 10.0. The van der Waals surface area contributed by atoms with Gasteiger partial charge in [-0.3, -0.25) is 0 Å². The molecule has 8 heteroatoms. The van der Waals surface area contributed by atoms with Crippen molar-refractivity contribution in [2.24, 2.45) is 0 Å². The number of hydrogen-bond acceptors (Lipinski definition) is 5. The largest absolute Gasteiger partial charge is 0.573 e. The van der Waals surface area contributed by atoms with Crippen LogP contribution < -0.4 is 14.2 Å². The molecule has 3 rings (SSSR count). The van der Waals surface area contributed by atoms with Crippen LogP contribution in [0.5, 0.6) is 23.0 Å². The van der Waals surface area contributed by atoms with Gasteiger partial charge in [0.1, 0.15) is 11.5 Å². The van der Waals surface area contributed by atoms with E-state index in [-0.39, 0.29) is 19.0 Å². The highest BCUT2D eigenvalue weighted by molar-refractivity contribution is 5.72. The number of alkyl halides is 3. The maximum Gasteiger partial charge on any atom is 0.573 e. The van der Waals surface area contributed by atoms with Gasteiger partial charge in [-0.25, -0.2) is 4.79 Å². The summed E-state index contributed by atoms with van der Waals surface area (Å²) >= 11 is 0. The smallest absolute Gasteiger partial charge is 0.478 e. The maximum atomic E-state index is 12.4. The van der Waals surface area contributed by atoms with Gasteiger partial charge in [-0.15, -0.1) is 13.2 Å². The van der Waals surface area contributed by atoms with Crippen LogP contribution in [-0.2, 0) is 9.53 Å². The highest BCUT2D eigenvalue weighted by atomic mass is 19.4. The molecule has 0 aliphatic heterocycles. The second kappa shape index (κ2) is 10.1. The molecule has 0 heterocycles. The van der Waals surface area contributed by atoms with Gasteiger partial charge in [0.05, 0.1) is 6.61 Å². The average molecular weight is 446 g/mol. The molecule has 0 bridgehead atoms. The first-order valence-electron chi connectivity index (χ1n) is 9.76. The van der Waals surface area contributed by atoms with Gasteiger partial charge in [-0.1, -0.05) is 35.9 Å². The molecule has 0 aliphatic carbocycles. The van der Waals surface area contributed by atoms with Gasteiger partial charge in [0.25, 0.3) is 0 Å². The van der Waals surface area contributed by atoms with E-state index >= 15 is 0 Å². The Morgan fingerprint density at radius 1 is 0.844 bits per heavy atom. The Labute approximate surface area is 183 Å². The minimum absolute atomic E-state index is 0.238. The standard InChI is InChI=1S/C24H21F3O5/c1-3-29-23(28)15-30-21-13-8-18(14-22(21)31-19-9-4-16(2)5-10-19)17-6-11-20(12-7-17)32-24(25,26)27/h4-14H,3,15H2,1-2H3. The Morgan fingerprint density at radius 2 is 1.47 bits per heavy atom. The van der Waals surface area contributed by atoms with Gasteiger partial charge < -0.3 is 18.9 Å². The normalized spacial score (nSPS) is 11.0. The van der Waals surface area contributed by atoms with Gasteiger partial charge in [-0.2, -0.15) is 0 Å². The molecule has 0 spiro atoms. The molecule has 0 N–H and O–H groups in total. The second-order valence-corrected chi connectivity index (χ2v) is 6.74. The number of ether oxygens (including phenoxy) is 4. The summed E-state index contributed by atoms with van der Waals surface area (Å²) in [6.45, 7) is 3.59. The molecule has 32 heavy (non-hydrogen) atoms. The number of hydrogen-bond donors (Lipinski definition) is 0. The van der Waals surface area contributed by atoms with Crippen molar-refractivity contribution in [3.63, 3.8) is 0 Å². The van der Waals surface area contributed by atoms with Crippen molar-refractivity contribution < 1.29 is 36.9 Å². The average Bonchev–Trinajstić information content (AvgIpc) is 2.74. The summed E-state index contributed by atoms with van der Waals surface area (Å²) in [5.41, 5.74) is 2.38. The van der Waals surface area contributed by atoms with Crippen molar-refractivity contribution in [3.8, 4) is 34.1 Å². The number of benzene rings is 3. The van der Waals surface area contributed by atoms with Crippen LogP contribution in [0.4, 0.5) is 13.2 Å². The third-order valence-corrected chi connectivity index (χ3v) is 4.26. The molecule has 5 nitrogen and oxygen atoms in total. The fourth-order valence-electron chi connectivity index (χ4n) is 2.81. The third-order valence-electron chi connectivity index (χ3n) is 4.26. The molecule has 0 aromatic heterocycles. The Balaban J connectivity index is 1.87. The van der Waals surface area contributed by atoms with E-state index in [1.165, 1.54) is 24.3 Å². The van der Waals surface area contributed by atoms with Crippen LogP contribution in [0.2, 0.25) is 0 Å². The number of rotatable bonds is 8. The lowest BCUT2D eigenvalue weighted by Crippen LogP contribution is -2.16. The van der Waals surface area contributed by atoms with E-state index in [4.69, 9.17) is 14.2 Å². The topological polar surface area (TPSA) is 54.0 Å². The lowest BCUT2D eigenvalue weighted by molar-refractivity contribution is -0.274. The van der Waals surface area contributed by atoms with Crippen LogP contribution in [0.15, 0.2) is 66.7 Å². The molecule has 168 valence electrons. The minimum atomic E-state index is -4.76. The van der Waals surface area contributed by atoms with Crippen molar-refractivity contribution in [2.45, 2.75) is 20.2 Å². The minimum Gasteiger partial charge on any atom is -0.478 e. The van der Waals surface area contributed by atoms with Crippen molar-refractivity contribution in [2.75, 3.05) is 13.2 Å². The molecule has 0 unspecified atom stereocenters. The summed E-state index contributed by atoms with van der Waals surface area (Å²) in [7, 11) is 0. The summed E-state index contributed by atoms with van der Waals surface area (Å²) < 4.78 is 57.5. The predicted molar refractivity (Wildman–Crippen MR) is 112 cm³/mol. The SMILES string of the molecule is CCOC(=O)COc1ccc(-c2ccc(OC(F)(F)F)cc2)cc1Oc1ccc(C)cc1. The van der Waals surface area contributed by atoms with E-state index < -0.39 is 12.3 Å². The number of carbonyl (C=O) groups excluding carboxylic acids is 1. The molecule has 0 fully saturated rings. The quantitative estimate of drug-likeness (QED) is 0.381. The molecule has 3 aromatic rings. The van der Waals surface area contributed by atoms with Gasteiger partial charge in [0, 0.05) is 0 Å². The Bertz CT molecular complexity index is 1040. The highest BCUT2D eigenvalue weighted by Crippen LogP contribution is 2.36. The molecule has 0 saturated heterocycles. The maximum absolute atomic E-state index is 12.4. The molecule has 3 aromatic carbocycles. The zero-order chi connectivity index (χ0) is 23.1. The number of esters is 1. The first-order valence-corrected chi connectivity index (χ1v) is 9.76. The zero-order valence-electron chi connectivity index (χ0n) is 17.4. The number of aryl methyl sites for hydroxylation is 1. The van der Waals surface area contributed by atoms with Crippen molar-refractivity contribution in [1.29, 1.82) is 0 Å². The summed E-state index contributed by atoms with van der Waals surface area (Å²) in [6.07, 6.45) is -4.76. The predicted octanol–water partition coefficient (Wildman–Crippen LogP) is 6.29. The fourth-order valence-corrected chi connectivity index (χ4v) is 2.81. The molecule has 0 saturated carbocycles. The van der Waals surface area contributed by atoms with Gasteiger partial charge >= 0.3 is 12.3 Å². The molecule has 0 radical (unpaired) electrons. The molecule has 0 aliphatic rings. The first-order chi connectivity index (χ1) is 15.2. The van der Waals surface area contributed by atoms with Gasteiger partial charge in [0.2, 0.25) is 0 Å². The van der Waals surface area contributed by atoms with E-state index in [2.05, 4.69) is 4.74 Å². The number of carbonyl (C=O) groups is 1. The summed E-state index contributed by atoms with van der Waals surface area (Å²) in [5, 5.41) is 0. The first kappa shape index (κ1) is 23.0. The van der Waals surface area contributed by atoms with E-state index in [9.17, 15) is 18.0 Å². The lowest BCUT2D eigenvalue weighted by Gasteiger charge is -2.14. The molecule has 0 atom stereocenters. The Hall–Kier alpha value is -3.68. The van der Waals surface area contributed by atoms with Crippen LogP contribution in [0.25, 0.3) is 11.1 Å². The van der Waals surface area contributed by atoms with E-state index in [0.29, 0.717) is 28.4 Å². The number of halogens is 3. The zero-order valence-corrected chi connectivity index (χ0v) is 17.4. The molecular weight excluding hydrogens is 425 g/mol. The summed E-state index contributed by atoms with van der Waals surface area (Å²) in [6, 6.07) is 17.8. The van der Waals surface area contributed by atoms with Crippen LogP contribution in [-0.4, -0.2) is 25.5 Å². The van der Waals surface area contributed by atoms with E-state index in [0.717, 1.165) is 5.56 Å². The van der Waals surface area contributed by atoms with Gasteiger partial charge in [0.15, 0.2) is 18.1 Å². The Kier molecular flexibility index (Phi) is 7.25. The van der Waals surface area contributed by atoms with Crippen LogP contribution in [0.3, 0.4) is 0 Å². The Morgan fingerprint density at radius 3 is 2.09 bits per heavy atom. The molecule has 0 amide bonds. The van der Waals surface area contributed by atoms with Gasteiger partial charge in [-0.05, 0) is 61.4 Å². The van der Waals surface area contributed by atoms with Crippen molar-refractivity contribution in [1.82, 2.24) is 0 Å². The molecular formula is C24H21F3O5. The summed E-state index contributed by atoms with van der Waals surface area (Å²) in [4.78, 5) is 11.7. The summed E-state index contributed by atoms with van der Waals surface area (Å²) in [5.74, 6) is 0.387. The highest BCUT2D eigenvalue weighted by Gasteiger charge is 2.31.